The summed E-state index contributed by atoms with van der Waals surface area (Å²) >= 11 is 0. The molecular weight excluding hydrogens is 212 g/mol. The largest absolute Gasteiger partial charge is 0.389 e. The Bertz CT molecular complexity index is 218. The maximum absolute atomic E-state index is 9.69. The maximum Gasteiger partial charge on any atom is 0.146 e. The standard InChI is InChI=1S/C11H20O5/c1-8-9(5-15-6-13-2)11(4-10(8)12)16-7-14-3/h9-12H,1,4-7H2,2-3H3/t9?,10-,11?/m1/s1. The molecule has 0 amide bonds. The Morgan fingerprint density at radius 1 is 1.31 bits per heavy atom. The van der Waals surface area contributed by atoms with Gasteiger partial charge in [-0.25, -0.2) is 0 Å². The summed E-state index contributed by atoms with van der Waals surface area (Å²) in [6, 6.07) is 0. The van der Waals surface area contributed by atoms with E-state index in [2.05, 4.69) is 6.58 Å². The van der Waals surface area contributed by atoms with E-state index in [0.29, 0.717) is 13.0 Å². The van der Waals surface area contributed by atoms with E-state index in [0.717, 1.165) is 5.57 Å². The summed E-state index contributed by atoms with van der Waals surface area (Å²) < 4.78 is 20.4. The molecule has 0 spiro atoms. The van der Waals surface area contributed by atoms with Crippen molar-refractivity contribution < 1.29 is 24.1 Å². The second-order valence-corrected chi connectivity index (χ2v) is 3.82. The van der Waals surface area contributed by atoms with Crippen molar-refractivity contribution in [2.75, 3.05) is 34.4 Å². The molecule has 1 rings (SSSR count). The fourth-order valence-electron chi connectivity index (χ4n) is 1.83. The highest BCUT2D eigenvalue weighted by Gasteiger charge is 2.37. The Morgan fingerprint density at radius 3 is 2.62 bits per heavy atom. The zero-order valence-corrected chi connectivity index (χ0v) is 9.85. The zero-order valence-electron chi connectivity index (χ0n) is 9.85. The van der Waals surface area contributed by atoms with Crippen LogP contribution in [0.15, 0.2) is 12.2 Å². The predicted molar refractivity (Wildman–Crippen MR) is 57.8 cm³/mol. The minimum absolute atomic E-state index is 0.000278. The van der Waals surface area contributed by atoms with Crippen molar-refractivity contribution >= 4 is 0 Å². The molecule has 0 radical (unpaired) electrons. The highest BCUT2D eigenvalue weighted by atomic mass is 16.7. The molecule has 3 atom stereocenters. The summed E-state index contributed by atoms with van der Waals surface area (Å²) in [5.74, 6) is 0.000278. The summed E-state index contributed by atoms with van der Waals surface area (Å²) in [6.45, 7) is 4.75. The third-order valence-corrected chi connectivity index (χ3v) is 2.71. The Balaban J connectivity index is 2.43. The lowest BCUT2D eigenvalue weighted by Gasteiger charge is -2.19. The fourth-order valence-corrected chi connectivity index (χ4v) is 1.83. The van der Waals surface area contributed by atoms with Gasteiger partial charge in [0.05, 0.1) is 18.8 Å². The molecule has 0 aromatic heterocycles. The van der Waals surface area contributed by atoms with Crippen molar-refractivity contribution in [1.82, 2.24) is 0 Å². The van der Waals surface area contributed by atoms with Crippen LogP contribution in [0.25, 0.3) is 0 Å². The number of aliphatic hydroxyl groups excluding tert-OH is 1. The molecule has 0 aliphatic heterocycles. The second kappa shape index (κ2) is 6.98. The molecule has 1 aliphatic rings. The van der Waals surface area contributed by atoms with Gasteiger partial charge in [0.15, 0.2) is 0 Å². The number of ether oxygens (including phenoxy) is 4. The van der Waals surface area contributed by atoms with Crippen molar-refractivity contribution in [2.24, 2.45) is 5.92 Å². The van der Waals surface area contributed by atoms with Crippen LogP contribution in [0.5, 0.6) is 0 Å². The Kier molecular flexibility index (Phi) is 5.94. The first-order valence-electron chi connectivity index (χ1n) is 5.24. The van der Waals surface area contributed by atoms with Gasteiger partial charge < -0.3 is 24.1 Å². The number of rotatable bonds is 7. The number of hydrogen-bond acceptors (Lipinski definition) is 5. The summed E-state index contributed by atoms with van der Waals surface area (Å²) in [4.78, 5) is 0. The fraction of sp³-hybridized carbons (Fsp3) is 0.818. The number of aliphatic hydroxyl groups is 1. The number of hydrogen-bond donors (Lipinski definition) is 1. The van der Waals surface area contributed by atoms with E-state index in [4.69, 9.17) is 18.9 Å². The van der Waals surface area contributed by atoms with E-state index >= 15 is 0 Å². The Morgan fingerprint density at radius 2 is 2.00 bits per heavy atom. The van der Waals surface area contributed by atoms with Crippen molar-refractivity contribution in [1.29, 1.82) is 0 Å². The van der Waals surface area contributed by atoms with Crippen LogP contribution in [0.2, 0.25) is 0 Å². The van der Waals surface area contributed by atoms with E-state index in [1.54, 1.807) is 14.2 Å². The summed E-state index contributed by atoms with van der Waals surface area (Å²) in [5.41, 5.74) is 0.761. The van der Waals surface area contributed by atoms with Gasteiger partial charge in [-0.15, -0.1) is 0 Å². The molecule has 0 bridgehead atoms. The predicted octanol–water partition coefficient (Wildman–Crippen LogP) is 0.533. The molecule has 5 nitrogen and oxygen atoms in total. The van der Waals surface area contributed by atoms with Crippen LogP contribution in [0.4, 0.5) is 0 Å². The van der Waals surface area contributed by atoms with Gasteiger partial charge in [-0.1, -0.05) is 6.58 Å². The molecule has 1 fully saturated rings. The first-order chi connectivity index (χ1) is 7.70. The molecule has 94 valence electrons. The molecule has 16 heavy (non-hydrogen) atoms. The Labute approximate surface area is 95.9 Å². The van der Waals surface area contributed by atoms with E-state index < -0.39 is 6.10 Å². The summed E-state index contributed by atoms with van der Waals surface area (Å²) in [5, 5.41) is 9.69. The first kappa shape index (κ1) is 13.6. The van der Waals surface area contributed by atoms with E-state index in [1.165, 1.54) is 0 Å². The molecule has 1 aliphatic carbocycles. The van der Waals surface area contributed by atoms with Crippen LogP contribution in [-0.4, -0.2) is 51.7 Å². The van der Waals surface area contributed by atoms with Gasteiger partial charge in [0, 0.05) is 26.6 Å². The van der Waals surface area contributed by atoms with Gasteiger partial charge >= 0.3 is 0 Å². The van der Waals surface area contributed by atoms with Crippen LogP contribution >= 0.6 is 0 Å². The SMILES string of the molecule is C=C1C(COCOC)C(OCOC)C[C@H]1O. The summed E-state index contributed by atoms with van der Waals surface area (Å²) in [7, 11) is 3.13. The van der Waals surface area contributed by atoms with Gasteiger partial charge in [-0.05, 0) is 5.57 Å². The van der Waals surface area contributed by atoms with Gasteiger partial charge in [0.2, 0.25) is 0 Å². The highest BCUT2D eigenvalue weighted by molar-refractivity contribution is 5.16. The lowest BCUT2D eigenvalue weighted by molar-refractivity contribution is -0.103. The molecule has 5 heteroatoms. The minimum atomic E-state index is -0.516. The monoisotopic (exact) mass is 232 g/mol. The summed E-state index contributed by atoms with van der Waals surface area (Å²) in [6.07, 6.45) is -0.0688. The van der Waals surface area contributed by atoms with Crippen molar-refractivity contribution in [3.63, 3.8) is 0 Å². The van der Waals surface area contributed by atoms with Crippen molar-refractivity contribution in [2.45, 2.75) is 18.6 Å². The smallest absolute Gasteiger partial charge is 0.146 e. The molecule has 1 N–H and O–H groups in total. The van der Waals surface area contributed by atoms with Crippen LogP contribution in [0, 0.1) is 5.92 Å². The normalized spacial score (nSPS) is 29.9. The quantitative estimate of drug-likeness (QED) is 0.394. The van der Waals surface area contributed by atoms with Gasteiger partial charge in [-0.2, -0.15) is 0 Å². The van der Waals surface area contributed by atoms with Gasteiger partial charge in [-0.3, -0.25) is 0 Å². The second-order valence-electron chi connectivity index (χ2n) is 3.82. The highest BCUT2D eigenvalue weighted by Crippen LogP contribution is 2.33. The van der Waals surface area contributed by atoms with E-state index in [1.807, 2.05) is 0 Å². The van der Waals surface area contributed by atoms with Crippen LogP contribution < -0.4 is 0 Å². The van der Waals surface area contributed by atoms with Crippen molar-refractivity contribution in [3.05, 3.63) is 12.2 Å². The van der Waals surface area contributed by atoms with Gasteiger partial charge in [0.25, 0.3) is 0 Å². The van der Waals surface area contributed by atoms with E-state index in [-0.39, 0.29) is 25.6 Å². The molecule has 2 unspecified atom stereocenters. The van der Waals surface area contributed by atoms with Gasteiger partial charge in [0.1, 0.15) is 13.6 Å². The van der Waals surface area contributed by atoms with Crippen LogP contribution in [0.1, 0.15) is 6.42 Å². The molecule has 0 aromatic carbocycles. The van der Waals surface area contributed by atoms with Crippen LogP contribution in [0.3, 0.4) is 0 Å². The zero-order chi connectivity index (χ0) is 12.0. The molecule has 1 saturated carbocycles. The Hall–Kier alpha value is -0.460. The minimum Gasteiger partial charge on any atom is -0.389 e. The average Bonchev–Trinajstić information content (AvgIpc) is 2.54. The van der Waals surface area contributed by atoms with E-state index in [9.17, 15) is 5.11 Å². The lowest BCUT2D eigenvalue weighted by Crippen LogP contribution is -2.24. The average molecular weight is 232 g/mol. The molecule has 0 saturated heterocycles. The third-order valence-electron chi connectivity index (χ3n) is 2.71. The third kappa shape index (κ3) is 3.54. The topological polar surface area (TPSA) is 57.2 Å². The maximum atomic E-state index is 9.69. The lowest BCUT2D eigenvalue weighted by atomic mass is 10.0. The molecular formula is C11H20O5. The molecule has 0 aromatic rings. The van der Waals surface area contributed by atoms with Crippen molar-refractivity contribution in [3.8, 4) is 0 Å². The first-order valence-corrected chi connectivity index (χ1v) is 5.24. The molecule has 0 heterocycles. The van der Waals surface area contributed by atoms with Crippen LogP contribution in [-0.2, 0) is 18.9 Å². The number of methoxy groups -OCH3 is 2.